The van der Waals surface area contributed by atoms with Crippen molar-refractivity contribution in [2.24, 2.45) is 0 Å². The molecule has 0 spiro atoms. The first kappa shape index (κ1) is 33.3. The van der Waals surface area contributed by atoms with Crippen LogP contribution in [0.2, 0.25) is 0 Å². The minimum atomic E-state index is -4.56. The van der Waals surface area contributed by atoms with Gasteiger partial charge in [0.15, 0.2) is 12.2 Å². The van der Waals surface area contributed by atoms with E-state index in [4.69, 9.17) is 30.1 Å². The molecule has 0 radical (unpaired) electrons. The summed E-state index contributed by atoms with van der Waals surface area (Å²) in [7, 11) is -4.56. The summed E-state index contributed by atoms with van der Waals surface area (Å²) < 4.78 is 40.0. The first-order valence-corrected chi connectivity index (χ1v) is 15.1. The number of terminal acetylenes is 1. The number of carbonyl (C=O) groups is 3. The van der Waals surface area contributed by atoms with Crippen molar-refractivity contribution in [3.05, 3.63) is 29.8 Å². The van der Waals surface area contributed by atoms with Crippen molar-refractivity contribution < 1.29 is 52.4 Å². The van der Waals surface area contributed by atoms with Gasteiger partial charge < -0.3 is 33.5 Å². The van der Waals surface area contributed by atoms with E-state index in [2.05, 4.69) is 5.92 Å². The van der Waals surface area contributed by atoms with Crippen molar-refractivity contribution in [2.75, 3.05) is 12.8 Å². The van der Waals surface area contributed by atoms with Crippen LogP contribution in [0.15, 0.2) is 24.3 Å². The lowest BCUT2D eigenvalue weighted by atomic mass is 9.93. The Labute approximate surface area is 235 Å². The van der Waals surface area contributed by atoms with Crippen LogP contribution >= 0.6 is 7.60 Å². The van der Waals surface area contributed by atoms with E-state index < -0.39 is 62.2 Å². The number of carbonyl (C=O) groups excluding carboxylic acids is 3. The first-order chi connectivity index (χ1) is 18.8. The van der Waals surface area contributed by atoms with Gasteiger partial charge in [-0.2, -0.15) is 0 Å². The summed E-state index contributed by atoms with van der Waals surface area (Å²) in [6.45, 7) is 3.03. The SMILES string of the molecule is C#CCCCCCCCc1ccc(O[C@@]2(CCP(=O)(O)O)OC[C@H](OC(C)=O)[C@H](OC(C)=O)[C@H]2OC(C)=O)cc1. The molecule has 0 bridgehead atoms. The molecule has 0 saturated carbocycles. The number of hydrogen-bond acceptors (Lipinski definition) is 9. The molecular weight excluding hydrogens is 543 g/mol. The third-order valence-electron chi connectivity index (χ3n) is 6.25. The van der Waals surface area contributed by atoms with Gasteiger partial charge in [-0.3, -0.25) is 18.9 Å². The molecule has 0 unspecified atom stereocenters. The third-order valence-corrected chi connectivity index (χ3v) is 7.06. The van der Waals surface area contributed by atoms with Gasteiger partial charge in [-0.1, -0.05) is 31.4 Å². The zero-order chi connectivity index (χ0) is 29.8. The van der Waals surface area contributed by atoms with Crippen LogP contribution in [-0.4, -0.2) is 64.6 Å². The lowest BCUT2D eigenvalue weighted by Crippen LogP contribution is -2.66. The van der Waals surface area contributed by atoms with Gasteiger partial charge in [-0.15, -0.1) is 12.3 Å². The second-order valence-electron chi connectivity index (χ2n) is 9.73. The average Bonchev–Trinajstić information content (AvgIpc) is 2.86. The van der Waals surface area contributed by atoms with Crippen molar-refractivity contribution in [3.63, 3.8) is 0 Å². The molecule has 0 amide bonds. The summed E-state index contributed by atoms with van der Waals surface area (Å²) >= 11 is 0. The molecule has 0 aromatic heterocycles. The smallest absolute Gasteiger partial charge is 0.325 e. The molecule has 2 rings (SSSR count). The molecule has 1 saturated heterocycles. The molecule has 1 fully saturated rings. The second kappa shape index (κ2) is 15.8. The number of hydrogen-bond donors (Lipinski definition) is 2. The Morgan fingerprint density at radius 1 is 0.975 bits per heavy atom. The topological polar surface area (TPSA) is 155 Å². The zero-order valence-electron chi connectivity index (χ0n) is 23.2. The van der Waals surface area contributed by atoms with Crippen molar-refractivity contribution in [1.82, 2.24) is 0 Å². The molecule has 1 heterocycles. The molecule has 2 N–H and O–H groups in total. The van der Waals surface area contributed by atoms with Crippen LogP contribution in [0.4, 0.5) is 0 Å². The lowest BCUT2D eigenvalue weighted by molar-refractivity contribution is -0.314. The molecule has 11 nitrogen and oxygen atoms in total. The summed E-state index contributed by atoms with van der Waals surface area (Å²) in [5.74, 6) is -1.31. The molecule has 12 heteroatoms. The van der Waals surface area contributed by atoms with E-state index in [-0.39, 0.29) is 12.4 Å². The zero-order valence-corrected chi connectivity index (χ0v) is 24.1. The molecular formula is C28H39O11P. The van der Waals surface area contributed by atoms with Crippen LogP contribution in [0.1, 0.15) is 71.3 Å². The molecule has 4 atom stereocenters. The highest BCUT2D eigenvalue weighted by atomic mass is 31.2. The molecule has 0 aliphatic carbocycles. The van der Waals surface area contributed by atoms with Gasteiger partial charge in [0.25, 0.3) is 5.79 Å². The predicted octanol–water partition coefficient (Wildman–Crippen LogP) is 3.67. The highest BCUT2D eigenvalue weighted by Gasteiger charge is 2.58. The molecule has 40 heavy (non-hydrogen) atoms. The van der Waals surface area contributed by atoms with Crippen LogP contribution in [-0.2, 0) is 44.3 Å². The maximum absolute atomic E-state index is 12.1. The molecule has 1 aromatic carbocycles. The number of aryl methyl sites for hydroxylation is 1. The monoisotopic (exact) mass is 582 g/mol. The van der Waals surface area contributed by atoms with E-state index in [0.717, 1.165) is 71.3 Å². The molecule has 1 aliphatic heterocycles. The Bertz CT molecular complexity index is 1070. The highest BCUT2D eigenvalue weighted by molar-refractivity contribution is 7.51. The summed E-state index contributed by atoms with van der Waals surface area (Å²) in [6.07, 6.45) is 7.08. The van der Waals surface area contributed by atoms with Crippen molar-refractivity contribution in [2.45, 2.75) is 96.2 Å². The molecule has 1 aliphatic rings. The van der Waals surface area contributed by atoms with Crippen molar-refractivity contribution >= 4 is 25.5 Å². The predicted molar refractivity (Wildman–Crippen MR) is 144 cm³/mol. The Kier molecular flexibility index (Phi) is 13.1. The fraction of sp³-hybridized carbons (Fsp3) is 0.607. The van der Waals surface area contributed by atoms with Gasteiger partial charge in [-0.25, -0.2) is 0 Å². The normalized spacial score (nSPS) is 22.6. The van der Waals surface area contributed by atoms with Crippen LogP contribution in [0.5, 0.6) is 5.75 Å². The Morgan fingerprint density at radius 3 is 2.15 bits per heavy atom. The standard InChI is InChI=1S/C28H39O11P/c1-5-6-7-8-9-10-11-12-23-13-15-24(16-14-23)39-28(17-18-40(32,33)34)27(38-22(4)31)26(37-21(3)30)25(19-35-28)36-20(2)29/h1,13-16,25-27H,6-12,17-19H2,2-4H3,(H2,32,33,34)/t25-,26-,27+,28+/m0/s1. The average molecular weight is 583 g/mol. The minimum Gasteiger partial charge on any atom is -0.458 e. The van der Waals surface area contributed by atoms with Gasteiger partial charge in [0.1, 0.15) is 5.75 Å². The van der Waals surface area contributed by atoms with Gasteiger partial charge in [0.05, 0.1) is 12.8 Å². The van der Waals surface area contributed by atoms with E-state index in [1.165, 1.54) is 0 Å². The fourth-order valence-electron chi connectivity index (χ4n) is 4.49. The number of rotatable bonds is 15. The van der Waals surface area contributed by atoms with Gasteiger partial charge in [-0.05, 0) is 37.0 Å². The number of ether oxygens (including phenoxy) is 5. The van der Waals surface area contributed by atoms with Crippen molar-refractivity contribution in [1.29, 1.82) is 0 Å². The van der Waals surface area contributed by atoms with Crippen LogP contribution in [0.3, 0.4) is 0 Å². The van der Waals surface area contributed by atoms with E-state index >= 15 is 0 Å². The Hall–Kier alpha value is -2.90. The summed E-state index contributed by atoms with van der Waals surface area (Å²) in [5.41, 5.74) is 1.06. The van der Waals surface area contributed by atoms with E-state index in [1.807, 2.05) is 12.1 Å². The van der Waals surface area contributed by atoms with Crippen molar-refractivity contribution in [3.8, 4) is 18.1 Å². The van der Waals surface area contributed by atoms with E-state index in [1.54, 1.807) is 12.1 Å². The number of benzene rings is 1. The van der Waals surface area contributed by atoms with Crippen LogP contribution < -0.4 is 4.74 Å². The number of unbranched alkanes of at least 4 members (excludes halogenated alkanes) is 5. The molecule has 1 aromatic rings. The maximum Gasteiger partial charge on any atom is 0.325 e. The summed E-state index contributed by atoms with van der Waals surface area (Å²) in [6, 6.07) is 7.07. The minimum absolute atomic E-state index is 0.272. The Balaban J connectivity index is 2.30. The van der Waals surface area contributed by atoms with E-state index in [9.17, 15) is 28.7 Å². The fourth-order valence-corrected chi connectivity index (χ4v) is 5.09. The first-order valence-electron chi connectivity index (χ1n) is 13.3. The lowest BCUT2D eigenvalue weighted by Gasteiger charge is -2.47. The van der Waals surface area contributed by atoms with E-state index in [0.29, 0.717) is 0 Å². The quantitative estimate of drug-likeness (QED) is 0.102. The summed E-state index contributed by atoms with van der Waals surface area (Å²) in [5, 5.41) is 0. The van der Waals surface area contributed by atoms with Gasteiger partial charge in [0.2, 0.25) is 6.10 Å². The third kappa shape index (κ3) is 11.3. The maximum atomic E-state index is 12.1. The highest BCUT2D eigenvalue weighted by Crippen LogP contribution is 2.43. The largest absolute Gasteiger partial charge is 0.458 e. The second-order valence-corrected chi connectivity index (χ2v) is 11.5. The van der Waals surface area contributed by atoms with Gasteiger partial charge >= 0.3 is 25.5 Å². The van der Waals surface area contributed by atoms with Crippen LogP contribution in [0.25, 0.3) is 0 Å². The number of esters is 3. The van der Waals surface area contributed by atoms with Crippen LogP contribution in [0, 0.1) is 12.3 Å². The summed E-state index contributed by atoms with van der Waals surface area (Å²) in [4.78, 5) is 55.0. The van der Waals surface area contributed by atoms with Gasteiger partial charge in [0, 0.05) is 33.6 Å². The molecule has 222 valence electrons. The Morgan fingerprint density at radius 2 is 1.57 bits per heavy atom.